The molecule has 0 saturated heterocycles. The fourth-order valence-corrected chi connectivity index (χ4v) is 3.25. The molecule has 1 aliphatic carbocycles. The molecule has 0 amide bonds. The average molecular weight is 291 g/mol. The zero-order valence-electron chi connectivity index (χ0n) is 11.0. The van der Waals surface area contributed by atoms with E-state index in [-0.39, 0.29) is 11.7 Å². The Morgan fingerprint density at radius 2 is 2.05 bits per heavy atom. The molecule has 2 unspecified atom stereocenters. The molecule has 0 aliphatic heterocycles. The third kappa shape index (κ3) is 2.58. The second-order valence-electron chi connectivity index (χ2n) is 5.35. The van der Waals surface area contributed by atoms with Crippen molar-refractivity contribution in [2.75, 3.05) is 0 Å². The first-order valence-corrected chi connectivity index (χ1v) is 7.23. The van der Waals surface area contributed by atoms with E-state index in [0.29, 0.717) is 17.0 Å². The van der Waals surface area contributed by atoms with E-state index >= 15 is 0 Å². The summed E-state index contributed by atoms with van der Waals surface area (Å²) in [7, 11) is 0. The van der Waals surface area contributed by atoms with E-state index in [4.69, 9.17) is 11.6 Å². The molecule has 0 saturated carbocycles. The molecule has 20 heavy (non-hydrogen) atoms. The van der Waals surface area contributed by atoms with Gasteiger partial charge in [-0.25, -0.2) is 4.39 Å². The molecule has 104 valence electrons. The van der Waals surface area contributed by atoms with Gasteiger partial charge < -0.3 is 5.11 Å². The van der Waals surface area contributed by atoms with Crippen LogP contribution in [0.3, 0.4) is 0 Å². The van der Waals surface area contributed by atoms with Gasteiger partial charge in [0.25, 0.3) is 0 Å². The van der Waals surface area contributed by atoms with Gasteiger partial charge in [0, 0.05) is 17.4 Å². The maximum absolute atomic E-state index is 13.7. The number of aliphatic hydroxyl groups excluding tert-OH is 1. The summed E-state index contributed by atoms with van der Waals surface area (Å²) in [5, 5.41) is 11.0. The summed E-state index contributed by atoms with van der Waals surface area (Å²) in [4.78, 5) is 0. The van der Waals surface area contributed by atoms with Crippen LogP contribution < -0.4 is 0 Å². The van der Waals surface area contributed by atoms with Crippen LogP contribution in [0.5, 0.6) is 0 Å². The molecule has 1 nitrogen and oxygen atoms in total. The molecule has 3 heteroatoms. The molecular formula is C17H16ClFO. The summed E-state index contributed by atoms with van der Waals surface area (Å²) in [6, 6.07) is 12.6. The van der Waals surface area contributed by atoms with Crippen molar-refractivity contribution in [3.63, 3.8) is 0 Å². The van der Waals surface area contributed by atoms with Crippen LogP contribution in [0.25, 0.3) is 0 Å². The van der Waals surface area contributed by atoms with Gasteiger partial charge in [-0.05, 0) is 47.7 Å². The zero-order chi connectivity index (χ0) is 14.1. The maximum atomic E-state index is 13.7. The van der Waals surface area contributed by atoms with E-state index in [1.54, 1.807) is 6.07 Å². The highest BCUT2D eigenvalue weighted by Gasteiger charge is 2.28. The van der Waals surface area contributed by atoms with Crippen molar-refractivity contribution in [2.24, 2.45) is 0 Å². The predicted octanol–water partition coefficient (Wildman–Crippen LogP) is 4.11. The monoisotopic (exact) mass is 290 g/mol. The highest BCUT2D eigenvalue weighted by molar-refractivity contribution is 6.30. The standard InChI is InChI=1S/C17H16ClFO/c18-13-6-8-16(19)12(9-13)10-17(20)15-7-5-11-3-1-2-4-14(11)15/h1-4,6,8-9,15,17,20H,5,7,10H2. The number of benzene rings is 2. The number of aliphatic hydroxyl groups is 1. The summed E-state index contributed by atoms with van der Waals surface area (Å²) in [5.41, 5.74) is 2.97. The molecule has 0 spiro atoms. The molecule has 0 heterocycles. The summed E-state index contributed by atoms with van der Waals surface area (Å²) >= 11 is 5.89. The van der Waals surface area contributed by atoms with E-state index in [9.17, 15) is 9.50 Å². The Morgan fingerprint density at radius 1 is 1.25 bits per heavy atom. The van der Waals surface area contributed by atoms with Gasteiger partial charge in [-0.1, -0.05) is 35.9 Å². The van der Waals surface area contributed by atoms with Gasteiger partial charge in [0.05, 0.1) is 6.10 Å². The van der Waals surface area contributed by atoms with Gasteiger partial charge in [0.2, 0.25) is 0 Å². The van der Waals surface area contributed by atoms with E-state index in [1.807, 2.05) is 12.1 Å². The predicted molar refractivity (Wildman–Crippen MR) is 78.6 cm³/mol. The largest absolute Gasteiger partial charge is 0.392 e. The first kappa shape index (κ1) is 13.6. The van der Waals surface area contributed by atoms with Crippen molar-refractivity contribution < 1.29 is 9.50 Å². The van der Waals surface area contributed by atoms with Crippen molar-refractivity contribution >= 4 is 11.6 Å². The molecular weight excluding hydrogens is 275 g/mol. The van der Waals surface area contributed by atoms with Crippen LogP contribution in [0.1, 0.15) is 29.0 Å². The normalized spacial score (nSPS) is 18.9. The van der Waals surface area contributed by atoms with Crippen LogP contribution in [-0.2, 0) is 12.8 Å². The molecule has 2 atom stereocenters. The minimum absolute atomic E-state index is 0.0876. The van der Waals surface area contributed by atoms with Crippen molar-refractivity contribution in [1.29, 1.82) is 0 Å². The summed E-state index contributed by atoms with van der Waals surface area (Å²) in [6.45, 7) is 0. The Labute approximate surface area is 123 Å². The molecule has 1 N–H and O–H groups in total. The van der Waals surface area contributed by atoms with Crippen molar-refractivity contribution in [2.45, 2.75) is 31.3 Å². The highest BCUT2D eigenvalue weighted by Crippen LogP contribution is 2.36. The minimum atomic E-state index is -0.577. The Balaban J connectivity index is 1.81. The van der Waals surface area contributed by atoms with Gasteiger partial charge in [-0.2, -0.15) is 0 Å². The summed E-state index contributed by atoms with van der Waals surface area (Å²) in [6.07, 6.45) is 1.62. The fourth-order valence-electron chi connectivity index (χ4n) is 3.06. The first-order valence-electron chi connectivity index (χ1n) is 6.85. The lowest BCUT2D eigenvalue weighted by Crippen LogP contribution is -2.20. The van der Waals surface area contributed by atoms with E-state index in [0.717, 1.165) is 12.8 Å². The highest BCUT2D eigenvalue weighted by atomic mass is 35.5. The molecule has 2 aromatic carbocycles. The first-order chi connectivity index (χ1) is 9.65. The van der Waals surface area contributed by atoms with Crippen LogP contribution in [0.2, 0.25) is 5.02 Å². The van der Waals surface area contributed by atoms with Crippen LogP contribution in [-0.4, -0.2) is 11.2 Å². The van der Waals surface area contributed by atoms with Gasteiger partial charge >= 0.3 is 0 Å². The van der Waals surface area contributed by atoms with Crippen molar-refractivity contribution in [3.05, 3.63) is 70.0 Å². The second kappa shape index (κ2) is 5.55. The van der Waals surface area contributed by atoms with E-state index < -0.39 is 6.10 Å². The van der Waals surface area contributed by atoms with Gasteiger partial charge in [0.1, 0.15) is 5.82 Å². The smallest absolute Gasteiger partial charge is 0.126 e. The molecule has 3 rings (SSSR count). The van der Waals surface area contributed by atoms with Crippen LogP contribution >= 0.6 is 11.6 Å². The van der Waals surface area contributed by atoms with E-state index in [1.165, 1.54) is 23.3 Å². The molecule has 0 bridgehead atoms. The Morgan fingerprint density at radius 3 is 2.90 bits per heavy atom. The topological polar surface area (TPSA) is 20.2 Å². The zero-order valence-corrected chi connectivity index (χ0v) is 11.8. The lowest BCUT2D eigenvalue weighted by atomic mass is 9.91. The van der Waals surface area contributed by atoms with Gasteiger partial charge in [-0.3, -0.25) is 0 Å². The third-order valence-electron chi connectivity index (χ3n) is 4.08. The number of hydrogen-bond acceptors (Lipinski definition) is 1. The SMILES string of the molecule is OC(Cc1cc(Cl)ccc1F)C1CCc2ccccc21. The number of aryl methyl sites for hydroxylation is 1. The molecule has 1 aliphatic rings. The lowest BCUT2D eigenvalue weighted by molar-refractivity contribution is 0.142. The molecule has 2 aromatic rings. The number of halogens is 2. The summed E-state index contributed by atoms with van der Waals surface area (Å²) < 4.78 is 13.7. The number of rotatable bonds is 3. The van der Waals surface area contributed by atoms with Crippen LogP contribution in [0, 0.1) is 5.82 Å². The maximum Gasteiger partial charge on any atom is 0.126 e. The summed E-state index contributed by atoms with van der Waals surface area (Å²) in [5.74, 6) is -0.218. The Kier molecular flexibility index (Phi) is 3.77. The third-order valence-corrected chi connectivity index (χ3v) is 4.32. The van der Waals surface area contributed by atoms with Gasteiger partial charge in [-0.15, -0.1) is 0 Å². The molecule has 0 fully saturated rings. The molecule has 0 radical (unpaired) electrons. The Bertz CT molecular complexity index is 626. The van der Waals surface area contributed by atoms with Crippen LogP contribution in [0.15, 0.2) is 42.5 Å². The number of hydrogen-bond donors (Lipinski definition) is 1. The minimum Gasteiger partial charge on any atom is -0.392 e. The average Bonchev–Trinajstić information content (AvgIpc) is 2.87. The molecule has 0 aromatic heterocycles. The second-order valence-corrected chi connectivity index (χ2v) is 5.79. The van der Waals surface area contributed by atoms with E-state index in [2.05, 4.69) is 12.1 Å². The van der Waals surface area contributed by atoms with Crippen molar-refractivity contribution in [3.8, 4) is 0 Å². The lowest BCUT2D eigenvalue weighted by Gasteiger charge is -2.19. The fraction of sp³-hybridized carbons (Fsp3) is 0.294. The van der Waals surface area contributed by atoms with Crippen molar-refractivity contribution in [1.82, 2.24) is 0 Å². The quantitative estimate of drug-likeness (QED) is 0.902. The number of fused-ring (bicyclic) bond motifs is 1. The van der Waals surface area contributed by atoms with Gasteiger partial charge in [0.15, 0.2) is 0 Å². The van der Waals surface area contributed by atoms with Crippen LogP contribution in [0.4, 0.5) is 4.39 Å². The Hall–Kier alpha value is -1.38.